The normalized spacial score (nSPS) is 20.0. The zero-order chi connectivity index (χ0) is 19.6. The van der Waals surface area contributed by atoms with Crippen LogP contribution in [0.25, 0.3) is 0 Å². The fourth-order valence-electron chi connectivity index (χ4n) is 3.48. The fraction of sp³-hybridized carbons (Fsp3) is 0.667. The van der Waals surface area contributed by atoms with Crippen LogP contribution < -0.4 is 15.4 Å². The Balaban J connectivity index is 0.00000392. The number of halogens is 1. The van der Waals surface area contributed by atoms with Gasteiger partial charge in [0.15, 0.2) is 5.96 Å². The van der Waals surface area contributed by atoms with Gasteiger partial charge in [0.2, 0.25) is 0 Å². The van der Waals surface area contributed by atoms with Crippen molar-refractivity contribution in [3.05, 3.63) is 29.8 Å². The molecule has 7 heteroatoms. The van der Waals surface area contributed by atoms with Crippen molar-refractivity contribution in [3.63, 3.8) is 0 Å². The molecule has 0 amide bonds. The van der Waals surface area contributed by atoms with Crippen molar-refractivity contribution in [1.82, 2.24) is 15.5 Å². The van der Waals surface area contributed by atoms with Gasteiger partial charge in [-0.15, -0.1) is 24.0 Å². The topological polar surface area (TPSA) is 58.1 Å². The van der Waals surface area contributed by atoms with E-state index in [1.807, 2.05) is 19.2 Å². The average Bonchev–Trinajstić information content (AvgIpc) is 2.70. The summed E-state index contributed by atoms with van der Waals surface area (Å²) in [6.45, 7) is 11.1. The van der Waals surface area contributed by atoms with Crippen molar-refractivity contribution in [1.29, 1.82) is 0 Å². The summed E-state index contributed by atoms with van der Waals surface area (Å²) in [5, 5.41) is 6.89. The molecule has 1 saturated heterocycles. The smallest absolute Gasteiger partial charge is 0.191 e. The van der Waals surface area contributed by atoms with E-state index < -0.39 is 0 Å². The van der Waals surface area contributed by atoms with E-state index >= 15 is 0 Å². The highest BCUT2D eigenvalue weighted by molar-refractivity contribution is 14.0. The zero-order valence-corrected chi connectivity index (χ0v) is 20.2. The third-order valence-electron chi connectivity index (χ3n) is 5.33. The molecule has 0 aliphatic carbocycles. The second-order valence-corrected chi connectivity index (χ2v) is 7.35. The third-order valence-corrected chi connectivity index (χ3v) is 5.33. The Kier molecular flexibility index (Phi) is 11.8. The van der Waals surface area contributed by atoms with Crippen LogP contribution in [0.4, 0.5) is 0 Å². The number of methoxy groups -OCH3 is 1. The van der Waals surface area contributed by atoms with Gasteiger partial charge >= 0.3 is 0 Å². The van der Waals surface area contributed by atoms with Crippen LogP contribution in [0.15, 0.2) is 29.3 Å². The van der Waals surface area contributed by atoms with Crippen molar-refractivity contribution < 1.29 is 9.47 Å². The Hall–Kier alpha value is -1.06. The Morgan fingerprint density at radius 3 is 2.61 bits per heavy atom. The van der Waals surface area contributed by atoms with Crippen molar-refractivity contribution in [3.8, 4) is 5.75 Å². The number of nitrogens with zero attached hydrogens (tertiary/aromatic N) is 2. The van der Waals surface area contributed by atoms with Gasteiger partial charge in [0.1, 0.15) is 5.75 Å². The number of benzene rings is 1. The van der Waals surface area contributed by atoms with E-state index in [0.717, 1.165) is 51.0 Å². The predicted octanol–water partition coefficient (Wildman–Crippen LogP) is 3.08. The van der Waals surface area contributed by atoms with Gasteiger partial charge in [-0.25, -0.2) is 0 Å². The van der Waals surface area contributed by atoms with Crippen LogP contribution in [0, 0.1) is 0 Å². The molecule has 1 aromatic rings. The lowest BCUT2D eigenvalue weighted by atomic mass is 9.98. The van der Waals surface area contributed by atoms with Crippen LogP contribution in [0.2, 0.25) is 0 Å². The van der Waals surface area contributed by atoms with Gasteiger partial charge in [0.25, 0.3) is 0 Å². The summed E-state index contributed by atoms with van der Waals surface area (Å²) in [7, 11) is 3.52. The van der Waals surface area contributed by atoms with Crippen molar-refractivity contribution in [2.45, 2.75) is 45.2 Å². The molecule has 0 saturated carbocycles. The molecule has 0 spiro atoms. The lowest BCUT2D eigenvalue weighted by Gasteiger charge is -2.38. The van der Waals surface area contributed by atoms with Gasteiger partial charge in [-0.3, -0.25) is 9.89 Å². The van der Waals surface area contributed by atoms with Gasteiger partial charge in [0.05, 0.1) is 20.3 Å². The number of guanidine groups is 1. The van der Waals surface area contributed by atoms with Crippen LogP contribution in [0.1, 0.15) is 38.7 Å². The molecule has 1 heterocycles. The molecule has 2 rings (SSSR count). The zero-order valence-electron chi connectivity index (χ0n) is 17.9. The lowest BCUT2D eigenvalue weighted by molar-refractivity contribution is -0.0174. The van der Waals surface area contributed by atoms with Crippen LogP contribution in [0.5, 0.6) is 5.75 Å². The first-order valence-corrected chi connectivity index (χ1v) is 9.97. The van der Waals surface area contributed by atoms with Crippen molar-refractivity contribution >= 4 is 29.9 Å². The second kappa shape index (κ2) is 13.2. The Morgan fingerprint density at radius 2 is 2.00 bits per heavy atom. The monoisotopic (exact) mass is 504 g/mol. The summed E-state index contributed by atoms with van der Waals surface area (Å²) in [5.41, 5.74) is 1.33. The average molecular weight is 504 g/mol. The number of hydrogen-bond acceptors (Lipinski definition) is 4. The van der Waals surface area contributed by atoms with E-state index in [-0.39, 0.29) is 24.0 Å². The Bertz CT molecular complexity index is 582. The van der Waals surface area contributed by atoms with E-state index in [1.54, 1.807) is 7.11 Å². The molecular formula is C21H37IN4O2. The largest absolute Gasteiger partial charge is 0.497 e. The van der Waals surface area contributed by atoms with Gasteiger partial charge in [0, 0.05) is 38.8 Å². The molecular weight excluding hydrogens is 467 g/mol. The highest BCUT2D eigenvalue weighted by atomic mass is 127. The molecule has 1 fully saturated rings. The number of morpholine rings is 1. The highest BCUT2D eigenvalue weighted by Gasteiger charge is 2.23. The molecule has 160 valence electrons. The number of ether oxygens (including phenoxy) is 2. The van der Waals surface area contributed by atoms with E-state index in [0.29, 0.717) is 18.0 Å². The maximum absolute atomic E-state index is 5.53. The second-order valence-electron chi connectivity index (χ2n) is 7.35. The highest BCUT2D eigenvalue weighted by Crippen LogP contribution is 2.21. The molecule has 1 aromatic carbocycles. The lowest BCUT2D eigenvalue weighted by Crippen LogP contribution is -2.53. The molecule has 28 heavy (non-hydrogen) atoms. The first-order valence-electron chi connectivity index (χ1n) is 9.97. The first-order chi connectivity index (χ1) is 13.0. The minimum atomic E-state index is 0. The van der Waals surface area contributed by atoms with E-state index in [1.165, 1.54) is 5.56 Å². The standard InChI is InChI=1S/C21H36N4O2.HI/c1-16(19-6-8-20(26-5)9-7-19)10-11-23-21(22-4)24-14-17(2)25-12-13-27-15-18(25)3;/h6-9,16-18H,10-15H2,1-5H3,(H2,22,23,24);1H. The number of rotatable bonds is 8. The molecule has 0 bridgehead atoms. The molecule has 3 unspecified atom stereocenters. The van der Waals surface area contributed by atoms with Gasteiger partial charge in [-0.2, -0.15) is 0 Å². The van der Waals surface area contributed by atoms with Crippen LogP contribution >= 0.6 is 24.0 Å². The van der Waals surface area contributed by atoms with E-state index in [9.17, 15) is 0 Å². The molecule has 1 aliphatic rings. The van der Waals surface area contributed by atoms with Gasteiger partial charge in [-0.05, 0) is 43.9 Å². The molecule has 1 aliphatic heterocycles. The fourth-order valence-corrected chi connectivity index (χ4v) is 3.48. The van der Waals surface area contributed by atoms with Crippen LogP contribution in [0.3, 0.4) is 0 Å². The molecule has 0 radical (unpaired) electrons. The third kappa shape index (κ3) is 7.75. The van der Waals surface area contributed by atoms with Crippen molar-refractivity contribution in [2.24, 2.45) is 4.99 Å². The predicted molar refractivity (Wildman–Crippen MR) is 127 cm³/mol. The Labute approximate surface area is 187 Å². The summed E-state index contributed by atoms with van der Waals surface area (Å²) in [5.74, 6) is 2.25. The Morgan fingerprint density at radius 1 is 1.29 bits per heavy atom. The minimum absolute atomic E-state index is 0. The summed E-state index contributed by atoms with van der Waals surface area (Å²) in [4.78, 5) is 6.85. The maximum atomic E-state index is 5.53. The molecule has 6 nitrogen and oxygen atoms in total. The number of hydrogen-bond donors (Lipinski definition) is 2. The van der Waals surface area contributed by atoms with E-state index in [2.05, 4.69) is 53.4 Å². The number of aliphatic imine (C=N–C) groups is 1. The summed E-state index contributed by atoms with van der Waals surface area (Å²) >= 11 is 0. The van der Waals surface area contributed by atoms with Gasteiger partial charge < -0.3 is 20.1 Å². The number of nitrogens with one attached hydrogen (secondary N) is 2. The summed E-state index contributed by atoms with van der Waals surface area (Å²) in [6, 6.07) is 9.24. The minimum Gasteiger partial charge on any atom is -0.497 e. The van der Waals surface area contributed by atoms with Crippen LogP contribution in [-0.2, 0) is 4.74 Å². The maximum Gasteiger partial charge on any atom is 0.191 e. The van der Waals surface area contributed by atoms with Crippen LogP contribution in [-0.4, -0.2) is 69.9 Å². The molecule has 2 N–H and O–H groups in total. The van der Waals surface area contributed by atoms with Crippen molar-refractivity contribution in [2.75, 3.05) is 47.0 Å². The van der Waals surface area contributed by atoms with E-state index in [4.69, 9.17) is 9.47 Å². The quantitative estimate of drug-likeness (QED) is 0.324. The first kappa shape index (κ1) is 25.0. The molecule has 0 aromatic heterocycles. The summed E-state index contributed by atoms with van der Waals surface area (Å²) in [6.07, 6.45) is 1.04. The SMILES string of the molecule is CN=C(NCCC(C)c1ccc(OC)cc1)NCC(C)N1CCOCC1C.I. The molecule has 3 atom stereocenters. The summed E-state index contributed by atoms with van der Waals surface area (Å²) < 4.78 is 10.8. The van der Waals surface area contributed by atoms with Gasteiger partial charge in [-0.1, -0.05) is 19.1 Å².